The highest BCUT2D eigenvalue weighted by atomic mass is 16.5. The second-order valence-electron chi connectivity index (χ2n) is 5.38. The molecule has 0 spiro atoms. The molecule has 8 heteroatoms. The van der Waals surface area contributed by atoms with E-state index in [0.717, 1.165) is 17.0 Å². The fourth-order valence-electron chi connectivity index (χ4n) is 2.56. The van der Waals surface area contributed by atoms with E-state index >= 15 is 0 Å². The van der Waals surface area contributed by atoms with Crippen LogP contribution in [0.5, 0.6) is 11.5 Å². The van der Waals surface area contributed by atoms with Crippen LogP contribution < -0.4 is 9.47 Å². The van der Waals surface area contributed by atoms with E-state index in [-0.39, 0.29) is 0 Å². The number of methoxy groups -OCH3 is 2. The third kappa shape index (κ3) is 2.57. The Balaban J connectivity index is 1.75. The predicted molar refractivity (Wildman–Crippen MR) is 89.6 cm³/mol. The van der Waals surface area contributed by atoms with Crippen molar-refractivity contribution >= 4 is 5.65 Å². The average Bonchev–Trinajstić information content (AvgIpc) is 3.28. The monoisotopic (exact) mass is 337 g/mol. The van der Waals surface area contributed by atoms with Crippen LogP contribution in [0, 0.1) is 6.92 Å². The molecule has 0 aliphatic rings. The van der Waals surface area contributed by atoms with Gasteiger partial charge in [-0.1, -0.05) is 5.16 Å². The van der Waals surface area contributed by atoms with Gasteiger partial charge in [-0.3, -0.25) is 4.40 Å². The highest BCUT2D eigenvalue weighted by molar-refractivity contribution is 5.67. The summed E-state index contributed by atoms with van der Waals surface area (Å²) in [6, 6.07) is 9.14. The summed E-state index contributed by atoms with van der Waals surface area (Å²) >= 11 is 0. The molecule has 0 saturated heterocycles. The number of aryl methyl sites for hydroxylation is 1. The van der Waals surface area contributed by atoms with Crippen LogP contribution in [0.2, 0.25) is 0 Å². The lowest BCUT2D eigenvalue weighted by molar-refractivity contribution is 0.391. The van der Waals surface area contributed by atoms with Crippen molar-refractivity contribution in [1.29, 1.82) is 0 Å². The Kier molecular flexibility index (Phi) is 3.57. The van der Waals surface area contributed by atoms with E-state index in [2.05, 4.69) is 20.3 Å². The van der Waals surface area contributed by atoms with Crippen molar-refractivity contribution in [1.82, 2.24) is 24.7 Å². The van der Waals surface area contributed by atoms with E-state index < -0.39 is 0 Å². The molecule has 3 aromatic heterocycles. The van der Waals surface area contributed by atoms with Crippen LogP contribution in [0.15, 0.2) is 41.1 Å². The van der Waals surface area contributed by atoms with Crippen molar-refractivity contribution < 1.29 is 14.0 Å². The fraction of sp³-hybridized carbons (Fsp3) is 0.176. The van der Waals surface area contributed by atoms with Gasteiger partial charge in [0.1, 0.15) is 17.3 Å². The molecule has 25 heavy (non-hydrogen) atoms. The largest absolute Gasteiger partial charge is 0.497 e. The van der Waals surface area contributed by atoms with Gasteiger partial charge in [-0.2, -0.15) is 4.98 Å². The van der Waals surface area contributed by atoms with Crippen LogP contribution in [0.25, 0.3) is 28.5 Å². The Bertz CT molecular complexity index is 1050. The molecule has 0 aliphatic heterocycles. The zero-order valence-electron chi connectivity index (χ0n) is 13.9. The van der Waals surface area contributed by atoms with Gasteiger partial charge in [0.05, 0.1) is 19.8 Å². The molecule has 8 nitrogen and oxygen atoms in total. The van der Waals surface area contributed by atoms with Gasteiger partial charge in [0.2, 0.25) is 5.82 Å². The number of pyridine rings is 1. The molecule has 0 bridgehead atoms. The Morgan fingerprint density at radius 1 is 1.04 bits per heavy atom. The van der Waals surface area contributed by atoms with E-state index in [1.807, 2.05) is 41.8 Å². The standard InChI is InChI=1S/C17H15N5O3/c1-10-19-20-15-7-4-11(9-22(10)15)16-18-17(25-21-16)13-6-5-12(23-2)8-14(13)24-3/h4-9H,1-3H3. The first-order valence-corrected chi connectivity index (χ1v) is 7.57. The minimum Gasteiger partial charge on any atom is -0.497 e. The van der Waals surface area contributed by atoms with E-state index in [9.17, 15) is 0 Å². The lowest BCUT2D eigenvalue weighted by atomic mass is 10.2. The van der Waals surface area contributed by atoms with E-state index in [1.54, 1.807) is 20.3 Å². The maximum atomic E-state index is 5.42. The number of nitrogens with zero attached hydrogens (tertiary/aromatic N) is 5. The highest BCUT2D eigenvalue weighted by Crippen LogP contribution is 2.33. The van der Waals surface area contributed by atoms with Crippen molar-refractivity contribution in [3.05, 3.63) is 42.4 Å². The van der Waals surface area contributed by atoms with Gasteiger partial charge in [-0.25, -0.2) is 0 Å². The van der Waals surface area contributed by atoms with Crippen molar-refractivity contribution in [3.8, 4) is 34.3 Å². The molecule has 0 N–H and O–H groups in total. The maximum absolute atomic E-state index is 5.42. The fourth-order valence-corrected chi connectivity index (χ4v) is 2.56. The molecule has 1 aromatic carbocycles. The summed E-state index contributed by atoms with van der Waals surface area (Å²) in [5.74, 6) is 2.92. The predicted octanol–water partition coefficient (Wildman–Crippen LogP) is 2.77. The molecular formula is C17H15N5O3. The number of benzene rings is 1. The quantitative estimate of drug-likeness (QED) is 0.566. The Hall–Kier alpha value is -3.42. The lowest BCUT2D eigenvalue weighted by Crippen LogP contribution is -1.91. The van der Waals surface area contributed by atoms with Crippen molar-refractivity contribution in [2.45, 2.75) is 6.92 Å². The van der Waals surface area contributed by atoms with E-state index in [4.69, 9.17) is 14.0 Å². The second kappa shape index (κ2) is 5.90. The summed E-state index contributed by atoms with van der Waals surface area (Å²) in [5, 5.41) is 12.2. The Labute approximate surface area is 143 Å². The molecule has 0 saturated carbocycles. The third-order valence-corrected chi connectivity index (χ3v) is 3.90. The zero-order chi connectivity index (χ0) is 17.4. The van der Waals surface area contributed by atoms with Gasteiger partial charge in [0, 0.05) is 17.8 Å². The van der Waals surface area contributed by atoms with Crippen LogP contribution in [-0.2, 0) is 0 Å². The molecule has 0 amide bonds. The van der Waals surface area contributed by atoms with Crippen LogP contribution >= 0.6 is 0 Å². The van der Waals surface area contributed by atoms with Gasteiger partial charge in [-0.05, 0) is 31.2 Å². The summed E-state index contributed by atoms with van der Waals surface area (Å²) in [4.78, 5) is 4.48. The summed E-state index contributed by atoms with van der Waals surface area (Å²) < 4.78 is 17.9. The molecule has 0 fully saturated rings. The smallest absolute Gasteiger partial charge is 0.262 e. The first-order valence-electron chi connectivity index (χ1n) is 7.57. The molecule has 4 aromatic rings. The number of hydrogen-bond acceptors (Lipinski definition) is 7. The molecule has 0 unspecified atom stereocenters. The van der Waals surface area contributed by atoms with Crippen LogP contribution in [0.1, 0.15) is 5.82 Å². The molecular weight excluding hydrogens is 322 g/mol. The summed E-state index contributed by atoms with van der Waals surface area (Å²) in [6.45, 7) is 1.88. The SMILES string of the molecule is COc1ccc(-c2nc(-c3ccc4nnc(C)n4c3)no2)c(OC)c1. The first-order chi connectivity index (χ1) is 12.2. The highest BCUT2D eigenvalue weighted by Gasteiger charge is 2.16. The third-order valence-electron chi connectivity index (χ3n) is 3.90. The minimum absolute atomic E-state index is 0.370. The lowest BCUT2D eigenvalue weighted by Gasteiger charge is -2.06. The molecule has 3 heterocycles. The zero-order valence-corrected chi connectivity index (χ0v) is 13.9. The topological polar surface area (TPSA) is 87.6 Å². The number of rotatable bonds is 4. The van der Waals surface area contributed by atoms with Crippen LogP contribution in [0.3, 0.4) is 0 Å². The van der Waals surface area contributed by atoms with Gasteiger partial charge in [0.25, 0.3) is 5.89 Å². The molecule has 4 rings (SSSR count). The van der Waals surface area contributed by atoms with Crippen molar-refractivity contribution in [3.63, 3.8) is 0 Å². The molecule has 126 valence electrons. The van der Waals surface area contributed by atoms with Crippen LogP contribution in [-0.4, -0.2) is 39.0 Å². The number of ether oxygens (including phenoxy) is 2. The number of aromatic nitrogens is 5. The summed E-state index contributed by atoms with van der Waals surface area (Å²) in [7, 11) is 3.18. The molecule has 0 aliphatic carbocycles. The minimum atomic E-state index is 0.370. The molecule has 0 atom stereocenters. The van der Waals surface area contributed by atoms with Gasteiger partial charge in [-0.15, -0.1) is 10.2 Å². The number of hydrogen-bond donors (Lipinski definition) is 0. The van der Waals surface area contributed by atoms with Gasteiger partial charge in [0.15, 0.2) is 5.65 Å². The number of fused-ring (bicyclic) bond motifs is 1. The van der Waals surface area contributed by atoms with Crippen LogP contribution in [0.4, 0.5) is 0 Å². The Morgan fingerprint density at radius 3 is 2.72 bits per heavy atom. The summed E-state index contributed by atoms with van der Waals surface area (Å²) in [6.07, 6.45) is 1.88. The van der Waals surface area contributed by atoms with E-state index in [1.165, 1.54) is 0 Å². The Morgan fingerprint density at radius 2 is 1.92 bits per heavy atom. The first kappa shape index (κ1) is 15.1. The van der Waals surface area contributed by atoms with Gasteiger partial charge >= 0.3 is 0 Å². The van der Waals surface area contributed by atoms with E-state index in [0.29, 0.717) is 28.8 Å². The molecule has 0 radical (unpaired) electrons. The van der Waals surface area contributed by atoms with Gasteiger partial charge < -0.3 is 14.0 Å². The van der Waals surface area contributed by atoms with Crippen molar-refractivity contribution in [2.75, 3.05) is 14.2 Å². The normalized spacial score (nSPS) is 11.0. The summed E-state index contributed by atoms with van der Waals surface area (Å²) in [5.41, 5.74) is 2.27. The maximum Gasteiger partial charge on any atom is 0.262 e. The second-order valence-corrected chi connectivity index (χ2v) is 5.38. The van der Waals surface area contributed by atoms with Crippen molar-refractivity contribution in [2.24, 2.45) is 0 Å². The average molecular weight is 337 g/mol.